The minimum atomic E-state index is -0.178. The third-order valence-electron chi connectivity index (χ3n) is 5.46. The van der Waals surface area contributed by atoms with E-state index in [1.165, 1.54) is 17.7 Å². The molecule has 1 aliphatic heterocycles. The first-order valence-electron chi connectivity index (χ1n) is 9.83. The van der Waals surface area contributed by atoms with E-state index in [1.54, 1.807) is 6.26 Å². The van der Waals surface area contributed by atoms with E-state index in [0.717, 1.165) is 51.2 Å². The fourth-order valence-corrected chi connectivity index (χ4v) is 3.70. The lowest BCUT2D eigenvalue weighted by atomic mass is 9.96. The van der Waals surface area contributed by atoms with Gasteiger partial charge in [0.05, 0.1) is 6.26 Å². The smallest absolute Gasteiger partial charge is 0.222 e. The molecule has 5 heteroatoms. The third kappa shape index (κ3) is 6.21. The van der Waals surface area contributed by atoms with Crippen LogP contribution in [0.25, 0.3) is 0 Å². The summed E-state index contributed by atoms with van der Waals surface area (Å²) in [6, 6.07) is 10.6. The Morgan fingerprint density at radius 3 is 2.59 bits per heavy atom. The Balaban J connectivity index is 1.33. The number of nitrogens with zero attached hydrogens (tertiary/aromatic N) is 2. The number of hydrogen-bond donors (Lipinski definition) is 0. The molecule has 1 fully saturated rings. The molecule has 4 nitrogen and oxygen atoms in total. The number of likely N-dealkylation sites (tertiary alicyclic amines) is 1. The summed E-state index contributed by atoms with van der Waals surface area (Å²) in [5.74, 6) is 1.45. The summed E-state index contributed by atoms with van der Waals surface area (Å²) in [4.78, 5) is 16.7. The van der Waals surface area contributed by atoms with Crippen molar-refractivity contribution in [3.63, 3.8) is 0 Å². The van der Waals surface area contributed by atoms with Gasteiger partial charge in [-0.15, -0.1) is 0 Å². The maximum absolute atomic E-state index is 13.0. The lowest BCUT2D eigenvalue weighted by molar-refractivity contribution is -0.130. The minimum Gasteiger partial charge on any atom is -0.469 e. The average molecular weight is 372 g/mol. The molecule has 0 aliphatic carbocycles. The zero-order valence-electron chi connectivity index (χ0n) is 16.1. The SMILES string of the molecule is CN(CC1CCN(CCc2ccc(F)cc2)CC1)C(=O)CCc1ccco1. The number of carbonyl (C=O) groups excluding carboxylic acids is 1. The molecule has 1 saturated heterocycles. The van der Waals surface area contributed by atoms with Crippen LogP contribution in [0.3, 0.4) is 0 Å². The first-order chi connectivity index (χ1) is 13.1. The van der Waals surface area contributed by atoms with Crippen molar-refractivity contribution in [1.29, 1.82) is 0 Å². The maximum Gasteiger partial charge on any atom is 0.222 e. The zero-order chi connectivity index (χ0) is 19.1. The zero-order valence-corrected chi connectivity index (χ0v) is 16.1. The van der Waals surface area contributed by atoms with Crippen LogP contribution in [0.5, 0.6) is 0 Å². The normalized spacial score (nSPS) is 15.8. The number of halogens is 1. The minimum absolute atomic E-state index is 0.178. The van der Waals surface area contributed by atoms with E-state index < -0.39 is 0 Å². The Morgan fingerprint density at radius 2 is 1.93 bits per heavy atom. The van der Waals surface area contributed by atoms with Gasteiger partial charge in [-0.05, 0) is 68.1 Å². The number of benzene rings is 1. The molecule has 1 aromatic heterocycles. The molecule has 0 saturated carbocycles. The van der Waals surface area contributed by atoms with Crippen molar-refractivity contribution < 1.29 is 13.6 Å². The maximum atomic E-state index is 13.0. The second-order valence-electron chi connectivity index (χ2n) is 7.52. The fourth-order valence-electron chi connectivity index (χ4n) is 3.70. The van der Waals surface area contributed by atoms with Crippen molar-refractivity contribution >= 4 is 5.91 Å². The third-order valence-corrected chi connectivity index (χ3v) is 5.46. The van der Waals surface area contributed by atoms with Crippen LogP contribution in [-0.4, -0.2) is 48.9 Å². The van der Waals surface area contributed by atoms with Crippen molar-refractivity contribution in [2.45, 2.75) is 32.1 Å². The molecule has 0 unspecified atom stereocenters. The number of hydrogen-bond acceptors (Lipinski definition) is 3. The van der Waals surface area contributed by atoms with Crippen molar-refractivity contribution in [3.05, 3.63) is 59.8 Å². The van der Waals surface area contributed by atoms with Crippen LogP contribution >= 0.6 is 0 Å². The van der Waals surface area contributed by atoms with Gasteiger partial charge >= 0.3 is 0 Å². The summed E-state index contributed by atoms with van der Waals surface area (Å²) in [6.45, 7) is 3.99. The molecule has 2 heterocycles. The first-order valence-corrected chi connectivity index (χ1v) is 9.83. The van der Waals surface area contributed by atoms with Crippen molar-refractivity contribution in [2.75, 3.05) is 33.2 Å². The van der Waals surface area contributed by atoms with Crippen LogP contribution in [-0.2, 0) is 17.6 Å². The molecule has 2 aromatic rings. The highest BCUT2D eigenvalue weighted by atomic mass is 19.1. The summed E-state index contributed by atoms with van der Waals surface area (Å²) in [5, 5.41) is 0. The molecule has 1 aromatic carbocycles. The largest absolute Gasteiger partial charge is 0.469 e. The van der Waals surface area contributed by atoms with Crippen LogP contribution in [0.4, 0.5) is 4.39 Å². The van der Waals surface area contributed by atoms with Gasteiger partial charge in [0.15, 0.2) is 0 Å². The molecule has 146 valence electrons. The predicted molar refractivity (Wildman–Crippen MR) is 104 cm³/mol. The number of carbonyl (C=O) groups is 1. The molecular formula is C22H29FN2O2. The average Bonchev–Trinajstić information content (AvgIpc) is 3.20. The van der Waals surface area contributed by atoms with Gasteiger partial charge in [-0.2, -0.15) is 0 Å². The second kappa shape index (κ2) is 9.70. The summed E-state index contributed by atoms with van der Waals surface area (Å²) in [7, 11) is 1.91. The van der Waals surface area contributed by atoms with Gasteiger partial charge < -0.3 is 14.2 Å². The molecule has 0 atom stereocenters. The second-order valence-corrected chi connectivity index (χ2v) is 7.52. The highest BCUT2D eigenvalue weighted by Crippen LogP contribution is 2.19. The molecule has 0 bridgehead atoms. The Kier molecular flexibility index (Phi) is 7.04. The van der Waals surface area contributed by atoms with Crippen LogP contribution in [0, 0.1) is 11.7 Å². The molecule has 0 radical (unpaired) electrons. The van der Waals surface area contributed by atoms with Crippen LogP contribution < -0.4 is 0 Å². The van der Waals surface area contributed by atoms with Gasteiger partial charge in [-0.3, -0.25) is 4.79 Å². The highest BCUT2D eigenvalue weighted by molar-refractivity contribution is 5.76. The Labute approximate surface area is 161 Å². The van der Waals surface area contributed by atoms with Crippen LogP contribution in [0.15, 0.2) is 47.1 Å². The van der Waals surface area contributed by atoms with Crippen LogP contribution in [0.2, 0.25) is 0 Å². The fraction of sp³-hybridized carbons (Fsp3) is 0.500. The molecule has 0 spiro atoms. The van der Waals surface area contributed by atoms with E-state index in [0.29, 0.717) is 18.8 Å². The van der Waals surface area contributed by atoms with Crippen molar-refractivity contribution in [2.24, 2.45) is 5.92 Å². The van der Waals surface area contributed by atoms with Gasteiger partial charge in [0.25, 0.3) is 0 Å². The van der Waals surface area contributed by atoms with Gasteiger partial charge in [0.1, 0.15) is 11.6 Å². The molecule has 27 heavy (non-hydrogen) atoms. The molecule has 0 N–H and O–H groups in total. The Hall–Kier alpha value is -2.14. The summed E-state index contributed by atoms with van der Waals surface area (Å²) >= 11 is 0. The van der Waals surface area contributed by atoms with E-state index in [1.807, 2.05) is 36.2 Å². The summed E-state index contributed by atoms with van der Waals surface area (Å²) in [5.41, 5.74) is 1.18. The van der Waals surface area contributed by atoms with Crippen LogP contribution in [0.1, 0.15) is 30.6 Å². The number of amides is 1. The van der Waals surface area contributed by atoms with Crippen molar-refractivity contribution in [3.8, 4) is 0 Å². The molecule has 1 aliphatic rings. The van der Waals surface area contributed by atoms with E-state index >= 15 is 0 Å². The van der Waals surface area contributed by atoms with E-state index in [4.69, 9.17) is 4.42 Å². The van der Waals surface area contributed by atoms with Gasteiger partial charge in [0, 0.05) is 33.0 Å². The summed E-state index contributed by atoms with van der Waals surface area (Å²) < 4.78 is 18.3. The standard InChI is InChI=1S/C22H29FN2O2/c1-24(22(26)9-8-21-3-2-16-27-21)17-19-11-14-25(15-12-19)13-10-18-4-6-20(23)7-5-18/h2-7,16,19H,8-15,17H2,1H3. The molecule has 3 rings (SSSR count). The number of aryl methyl sites for hydroxylation is 1. The van der Waals surface area contributed by atoms with E-state index in [9.17, 15) is 9.18 Å². The lowest BCUT2D eigenvalue weighted by Gasteiger charge is -2.34. The number of furan rings is 1. The molecule has 1 amide bonds. The van der Waals surface area contributed by atoms with Gasteiger partial charge in [-0.1, -0.05) is 12.1 Å². The number of rotatable bonds is 8. The highest BCUT2D eigenvalue weighted by Gasteiger charge is 2.22. The lowest BCUT2D eigenvalue weighted by Crippen LogP contribution is -2.40. The van der Waals surface area contributed by atoms with E-state index in [-0.39, 0.29) is 11.7 Å². The Morgan fingerprint density at radius 1 is 1.19 bits per heavy atom. The number of piperidine rings is 1. The summed E-state index contributed by atoms with van der Waals surface area (Å²) in [6.07, 6.45) is 6.01. The first kappa shape index (κ1) is 19.6. The topological polar surface area (TPSA) is 36.7 Å². The quantitative estimate of drug-likeness (QED) is 0.708. The Bertz CT molecular complexity index is 692. The van der Waals surface area contributed by atoms with E-state index in [2.05, 4.69) is 4.90 Å². The van der Waals surface area contributed by atoms with Gasteiger partial charge in [0.2, 0.25) is 5.91 Å². The predicted octanol–water partition coefficient (Wildman–Crippen LogP) is 3.76. The van der Waals surface area contributed by atoms with Crippen molar-refractivity contribution in [1.82, 2.24) is 9.80 Å². The monoisotopic (exact) mass is 372 g/mol. The molecular weight excluding hydrogens is 343 g/mol. The van der Waals surface area contributed by atoms with Gasteiger partial charge in [-0.25, -0.2) is 4.39 Å².